The van der Waals surface area contributed by atoms with Gasteiger partial charge in [0, 0.05) is 39.1 Å². The van der Waals surface area contributed by atoms with Crippen molar-refractivity contribution in [3.8, 4) is 6.07 Å². The van der Waals surface area contributed by atoms with E-state index in [1.54, 1.807) is 30.3 Å². The lowest BCUT2D eigenvalue weighted by Gasteiger charge is -2.36. The standard InChI is InChI=1S/C23H28N4O4S/c1-17(2)18-4-7-20(8-5-18)32(30,31)25-21-16-19(23(28)29)6-9-22(21)27-14-12-26(13-15-27)11-3-10-24/h4-9,16-17,25H,3,11-15H2,1-2H3,(H,28,29). The molecule has 0 bridgehead atoms. The van der Waals surface area contributed by atoms with Gasteiger partial charge >= 0.3 is 5.97 Å². The number of carboxylic acid groups (broad SMARTS) is 1. The van der Waals surface area contributed by atoms with Crippen molar-refractivity contribution in [1.29, 1.82) is 5.26 Å². The first-order valence-electron chi connectivity index (χ1n) is 10.6. The van der Waals surface area contributed by atoms with Gasteiger partial charge in [0.1, 0.15) is 0 Å². The SMILES string of the molecule is CC(C)c1ccc(S(=O)(=O)Nc2cc(C(=O)O)ccc2N2CCN(CCC#N)CC2)cc1. The number of benzene rings is 2. The smallest absolute Gasteiger partial charge is 0.335 e. The Morgan fingerprint density at radius 2 is 1.78 bits per heavy atom. The fourth-order valence-corrected chi connectivity index (χ4v) is 4.75. The Morgan fingerprint density at radius 1 is 1.12 bits per heavy atom. The van der Waals surface area contributed by atoms with Crippen LogP contribution in [-0.2, 0) is 10.0 Å². The van der Waals surface area contributed by atoms with Crippen LogP contribution in [0.2, 0.25) is 0 Å². The first kappa shape index (κ1) is 23.6. The van der Waals surface area contributed by atoms with Gasteiger partial charge in [0.25, 0.3) is 10.0 Å². The summed E-state index contributed by atoms with van der Waals surface area (Å²) in [6.07, 6.45) is 0.466. The van der Waals surface area contributed by atoms with Gasteiger partial charge in [-0.1, -0.05) is 26.0 Å². The Labute approximate surface area is 189 Å². The van der Waals surface area contributed by atoms with Gasteiger partial charge in [-0.15, -0.1) is 0 Å². The van der Waals surface area contributed by atoms with Gasteiger partial charge in [-0.25, -0.2) is 13.2 Å². The molecule has 0 spiro atoms. The molecule has 9 heteroatoms. The molecule has 2 aromatic rings. The average Bonchev–Trinajstić information content (AvgIpc) is 2.78. The van der Waals surface area contributed by atoms with E-state index in [-0.39, 0.29) is 22.1 Å². The number of carboxylic acids is 1. The van der Waals surface area contributed by atoms with Crippen LogP contribution in [0.3, 0.4) is 0 Å². The second-order valence-corrected chi connectivity index (χ2v) is 9.79. The predicted molar refractivity (Wildman–Crippen MR) is 124 cm³/mol. The van der Waals surface area contributed by atoms with Crippen molar-refractivity contribution in [3.63, 3.8) is 0 Å². The molecule has 170 valence electrons. The molecule has 0 atom stereocenters. The monoisotopic (exact) mass is 456 g/mol. The molecule has 1 aliphatic heterocycles. The van der Waals surface area contributed by atoms with Crippen LogP contribution in [-0.4, -0.2) is 57.1 Å². The summed E-state index contributed by atoms with van der Waals surface area (Å²) in [4.78, 5) is 15.8. The summed E-state index contributed by atoms with van der Waals surface area (Å²) in [5.41, 5.74) is 1.92. The van der Waals surface area contributed by atoms with Crippen molar-refractivity contribution in [3.05, 3.63) is 53.6 Å². The van der Waals surface area contributed by atoms with E-state index in [1.807, 2.05) is 18.7 Å². The zero-order chi connectivity index (χ0) is 23.3. The Hall–Kier alpha value is -3.09. The summed E-state index contributed by atoms with van der Waals surface area (Å²) in [6, 6.07) is 13.3. The molecule has 1 saturated heterocycles. The van der Waals surface area contributed by atoms with Crippen LogP contribution < -0.4 is 9.62 Å². The highest BCUT2D eigenvalue weighted by atomic mass is 32.2. The topological polar surface area (TPSA) is 114 Å². The van der Waals surface area contributed by atoms with Crippen molar-refractivity contribution < 1.29 is 18.3 Å². The summed E-state index contributed by atoms with van der Waals surface area (Å²) >= 11 is 0. The predicted octanol–water partition coefficient (Wildman–Crippen LogP) is 3.34. The number of sulfonamides is 1. The van der Waals surface area contributed by atoms with E-state index in [2.05, 4.69) is 15.7 Å². The lowest BCUT2D eigenvalue weighted by atomic mass is 10.0. The minimum Gasteiger partial charge on any atom is -0.478 e. The van der Waals surface area contributed by atoms with E-state index in [1.165, 1.54) is 12.1 Å². The molecule has 0 unspecified atom stereocenters. The van der Waals surface area contributed by atoms with Crippen LogP contribution in [0.25, 0.3) is 0 Å². The Morgan fingerprint density at radius 3 is 2.34 bits per heavy atom. The summed E-state index contributed by atoms with van der Waals surface area (Å²) in [7, 11) is -3.90. The molecule has 2 aromatic carbocycles. The zero-order valence-electron chi connectivity index (χ0n) is 18.3. The third-order valence-corrected chi connectivity index (χ3v) is 6.98. The van der Waals surface area contributed by atoms with Crippen LogP contribution in [0.1, 0.15) is 42.1 Å². The zero-order valence-corrected chi connectivity index (χ0v) is 19.1. The summed E-state index contributed by atoms with van der Waals surface area (Å²) in [6.45, 7) is 7.55. The van der Waals surface area contributed by atoms with E-state index in [0.717, 1.165) is 18.7 Å². The number of nitrogens with zero attached hydrogens (tertiary/aromatic N) is 3. The molecule has 0 amide bonds. The third kappa shape index (κ3) is 5.58. The van der Waals surface area contributed by atoms with Gasteiger partial charge in [-0.05, 0) is 41.8 Å². The van der Waals surface area contributed by atoms with Gasteiger partial charge in [0.05, 0.1) is 27.9 Å². The molecular weight excluding hydrogens is 428 g/mol. The van der Waals surface area contributed by atoms with Crippen LogP contribution in [0, 0.1) is 11.3 Å². The quantitative estimate of drug-likeness (QED) is 0.626. The second-order valence-electron chi connectivity index (χ2n) is 8.10. The molecule has 0 radical (unpaired) electrons. The fourth-order valence-electron chi connectivity index (χ4n) is 3.68. The lowest BCUT2D eigenvalue weighted by molar-refractivity contribution is 0.0697. The molecular formula is C23H28N4O4S. The largest absolute Gasteiger partial charge is 0.478 e. The molecule has 2 N–H and O–H groups in total. The maximum absolute atomic E-state index is 13.1. The number of hydrogen-bond acceptors (Lipinski definition) is 6. The maximum Gasteiger partial charge on any atom is 0.335 e. The number of aromatic carboxylic acids is 1. The van der Waals surface area contributed by atoms with Crippen molar-refractivity contribution in [2.45, 2.75) is 31.1 Å². The van der Waals surface area contributed by atoms with Crippen molar-refractivity contribution in [2.24, 2.45) is 0 Å². The van der Waals surface area contributed by atoms with Crippen molar-refractivity contribution in [2.75, 3.05) is 42.3 Å². The molecule has 0 saturated carbocycles. The van der Waals surface area contributed by atoms with E-state index in [0.29, 0.717) is 31.7 Å². The van der Waals surface area contributed by atoms with Crippen LogP contribution >= 0.6 is 0 Å². The van der Waals surface area contributed by atoms with Crippen LogP contribution in [0.5, 0.6) is 0 Å². The number of carbonyl (C=O) groups is 1. The molecule has 1 aliphatic rings. The summed E-state index contributed by atoms with van der Waals surface area (Å²) in [5.74, 6) is -0.843. The summed E-state index contributed by atoms with van der Waals surface area (Å²) in [5, 5.41) is 18.2. The number of nitriles is 1. The highest BCUT2D eigenvalue weighted by molar-refractivity contribution is 7.92. The Bertz CT molecular complexity index is 1100. The van der Waals surface area contributed by atoms with Crippen molar-refractivity contribution in [1.82, 2.24) is 4.90 Å². The van der Waals surface area contributed by atoms with Gasteiger partial charge < -0.3 is 10.0 Å². The van der Waals surface area contributed by atoms with E-state index in [9.17, 15) is 18.3 Å². The van der Waals surface area contributed by atoms with Gasteiger partial charge in [-0.2, -0.15) is 5.26 Å². The van der Waals surface area contributed by atoms with Crippen LogP contribution in [0.4, 0.5) is 11.4 Å². The van der Waals surface area contributed by atoms with E-state index in [4.69, 9.17) is 5.26 Å². The maximum atomic E-state index is 13.1. The normalized spacial score (nSPS) is 14.9. The van der Waals surface area contributed by atoms with Crippen LogP contribution in [0.15, 0.2) is 47.4 Å². The minimum atomic E-state index is -3.90. The average molecular weight is 457 g/mol. The molecule has 0 aromatic heterocycles. The first-order valence-corrected chi connectivity index (χ1v) is 12.0. The number of anilines is 2. The highest BCUT2D eigenvalue weighted by Gasteiger charge is 2.23. The van der Waals surface area contributed by atoms with Gasteiger partial charge in [0.15, 0.2) is 0 Å². The summed E-state index contributed by atoms with van der Waals surface area (Å²) < 4.78 is 28.7. The molecule has 1 fully saturated rings. The fraction of sp³-hybridized carbons (Fsp3) is 0.391. The van der Waals surface area contributed by atoms with Crippen molar-refractivity contribution >= 4 is 27.4 Å². The molecule has 3 rings (SSSR count). The minimum absolute atomic E-state index is 0.00858. The Kier molecular flexibility index (Phi) is 7.38. The first-order chi connectivity index (χ1) is 15.2. The Balaban J connectivity index is 1.87. The van der Waals surface area contributed by atoms with Gasteiger partial charge in [0.2, 0.25) is 0 Å². The van der Waals surface area contributed by atoms with E-state index >= 15 is 0 Å². The van der Waals surface area contributed by atoms with Gasteiger partial charge in [-0.3, -0.25) is 9.62 Å². The molecule has 1 heterocycles. The molecule has 8 nitrogen and oxygen atoms in total. The number of piperazine rings is 1. The second kappa shape index (κ2) is 10.0. The lowest BCUT2D eigenvalue weighted by Crippen LogP contribution is -2.46. The van der Waals surface area contributed by atoms with E-state index < -0.39 is 16.0 Å². The molecule has 32 heavy (non-hydrogen) atoms. The number of rotatable bonds is 8. The highest BCUT2D eigenvalue weighted by Crippen LogP contribution is 2.31. The molecule has 0 aliphatic carbocycles. The number of hydrogen-bond donors (Lipinski definition) is 2. The third-order valence-electron chi connectivity index (χ3n) is 5.60. The number of nitrogens with one attached hydrogen (secondary N) is 1.